The molecule has 2 fully saturated rings. The van der Waals surface area contributed by atoms with Gasteiger partial charge in [-0.05, 0) is 95.1 Å². The summed E-state index contributed by atoms with van der Waals surface area (Å²) in [5.74, 6) is 0.969. The van der Waals surface area contributed by atoms with E-state index >= 15 is 0 Å². The van der Waals surface area contributed by atoms with E-state index in [1.54, 1.807) is 16.9 Å². The molecular formula is C46H52N8O8. The largest absolute Gasteiger partial charge is 0.465 e. The van der Waals surface area contributed by atoms with Crippen molar-refractivity contribution in [3.05, 3.63) is 84.4 Å². The molecule has 8 rings (SSSR count). The number of fused-ring (bicyclic) bond motifs is 3. The number of rotatable bonds is 14. The number of amides is 4. The SMILES string of the molecule is COCC[C@H](NC(=O)OC)C(=O)N1CCC[C@H]1c1nc2cc(-c3ccc4cc(-c5ccc6[nH]c([C@@H]7CCCN7C(=O)[C@H](CCOC)N(C)C(=O)O)nc6c5)ccc4c3)ccc2[nH]1. The van der Waals surface area contributed by atoms with Gasteiger partial charge in [0.2, 0.25) is 11.8 Å². The highest BCUT2D eigenvalue weighted by molar-refractivity contribution is 5.93. The summed E-state index contributed by atoms with van der Waals surface area (Å²) in [6, 6.07) is 22.9. The summed E-state index contributed by atoms with van der Waals surface area (Å²) in [5.41, 5.74) is 7.45. The number of aromatic nitrogens is 4. The van der Waals surface area contributed by atoms with Crippen molar-refractivity contribution in [2.75, 3.05) is 54.7 Å². The van der Waals surface area contributed by atoms with Gasteiger partial charge in [-0.2, -0.15) is 0 Å². The van der Waals surface area contributed by atoms with Crippen LogP contribution in [0.5, 0.6) is 0 Å². The molecule has 0 saturated carbocycles. The van der Waals surface area contributed by atoms with Crippen LogP contribution in [0.3, 0.4) is 0 Å². The van der Waals surface area contributed by atoms with Gasteiger partial charge in [-0.1, -0.05) is 36.4 Å². The molecule has 0 unspecified atom stereocenters. The fraction of sp³-hybridized carbons (Fsp3) is 0.391. The lowest BCUT2D eigenvalue weighted by molar-refractivity contribution is -0.137. The number of hydrogen-bond acceptors (Lipinski definition) is 9. The Kier molecular flexibility index (Phi) is 12.4. The molecule has 0 aliphatic carbocycles. The van der Waals surface area contributed by atoms with Gasteiger partial charge in [0, 0.05) is 60.4 Å². The van der Waals surface area contributed by atoms with Crippen LogP contribution in [0, 0.1) is 0 Å². The summed E-state index contributed by atoms with van der Waals surface area (Å²) >= 11 is 0. The molecule has 4 aromatic carbocycles. The monoisotopic (exact) mass is 844 g/mol. The van der Waals surface area contributed by atoms with Gasteiger partial charge < -0.3 is 44.4 Å². The maximum absolute atomic E-state index is 13.7. The van der Waals surface area contributed by atoms with Gasteiger partial charge >= 0.3 is 12.2 Å². The van der Waals surface area contributed by atoms with Crippen LogP contribution in [0.1, 0.15) is 62.3 Å². The number of ether oxygens (including phenoxy) is 3. The van der Waals surface area contributed by atoms with Crippen molar-refractivity contribution < 1.29 is 38.5 Å². The summed E-state index contributed by atoms with van der Waals surface area (Å²) in [6.07, 6.45) is 1.87. The molecule has 4 N–H and O–H groups in total. The van der Waals surface area contributed by atoms with E-state index in [4.69, 9.17) is 24.2 Å². The number of alkyl carbamates (subject to hydrolysis) is 1. The number of nitrogens with one attached hydrogen (secondary N) is 3. The lowest BCUT2D eigenvalue weighted by Crippen LogP contribution is -2.49. The molecule has 0 spiro atoms. The van der Waals surface area contributed by atoms with Crippen molar-refractivity contribution in [2.45, 2.75) is 62.7 Å². The number of imidazole rings is 2. The number of nitrogens with zero attached hydrogens (tertiary/aromatic N) is 5. The molecule has 2 aliphatic rings. The van der Waals surface area contributed by atoms with Crippen molar-refractivity contribution in [1.82, 2.24) is 40.0 Å². The first-order valence-corrected chi connectivity index (χ1v) is 21.0. The van der Waals surface area contributed by atoms with Crippen molar-refractivity contribution in [1.29, 1.82) is 0 Å². The van der Waals surface area contributed by atoms with Crippen LogP contribution in [0.4, 0.5) is 9.59 Å². The molecule has 2 aromatic heterocycles. The van der Waals surface area contributed by atoms with Crippen LogP contribution >= 0.6 is 0 Å². The molecule has 16 nitrogen and oxygen atoms in total. The Labute approximate surface area is 358 Å². The number of H-pyrrole nitrogens is 2. The lowest BCUT2D eigenvalue weighted by atomic mass is 9.97. The average Bonchev–Trinajstić information content (AvgIpc) is 4.12. The minimum atomic E-state index is -1.16. The predicted molar refractivity (Wildman–Crippen MR) is 233 cm³/mol. The number of likely N-dealkylation sites (tertiary alicyclic amines) is 2. The molecule has 0 radical (unpaired) electrons. The topological polar surface area (TPSA) is 195 Å². The van der Waals surface area contributed by atoms with E-state index in [0.717, 1.165) is 85.7 Å². The van der Waals surface area contributed by atoms with E-state index in [-0.39, 0.29) is 36.9 Å². The zero-order valence-corrected chi connectivity index (χ0v) is 35.3. The molecule has 324 valence electrons. The summed E-state index contributed by atoms with van der Waals surface area (Å²) in [6.45, 7) is 1.67. The minimum absolute atomic E-state index is 0.190. The van der Waals surface area contributed by atoms with E-state index in [0.29, 0.717) is 37.8 Å². The van der Waals surface area contributed by atoms with Crippen molar-refractivity contribution in [3.8, 4) is 22.3 Å². The number of carboxylic acid groups (broad SMARTS) is 1. The summed E-state index contributed by atoms with van der Waals surface area (Å²) in [7, 11) is 5.79. The van der Waals surface area contributed by atoms with Gasteiger partial charge in [0.15, 0.2) is 0 Å². The van der Waals surface area contributed by atoms with Crippen LogP contribution in [0.2, 0.25) is 0 Å². The fourth-order valence-corrected chi connectivity index (χ4v) is 8.89. The summed E-state index contributed by atoms with van der Waals surface area (Å²) in [4.78, 5) is 72.7. The molecule has 16 heteroatoms. The standard InChI is InChI=1S/C46H52N8O8/c1-52(46(58)59)40(18-22-61-3)44(56)54-20-6-8-39(54)42-48-34-16-14-32(26-37(34)50-42)30-12-10-27-23-29(11-9-28(27)24-30)31-13-15-33-36(25-31)49-41(47-33)38-7-5-19-53(38)43(55)35(17-21-60-2)51-45(57)62-4/h9-16,23-26,35,38-40H,5-8,17-22H2,1-4H3,(H,47,49)(H,48,50)(H,51,57)(H,58,59)/t35-,38-,39-,40-/m0/s1. The van der Waals surface area contributed by atoms with Gasteiger partial charge in [0.1, 0.15) is 23.7 Å². The molecule has 2 saturated heterocycles. The molecule has 6 aromatic rings. The molecule has 2 aliphatic heterocycles. The molecule has 0 bridgehead atoms. The van der Waals surface area contributed by atoms with E-state index in [1.807, 2.05) is 12.1 Å². The van der Waals surface area contributed by atoms with Crippen molar-refractivity contribution in [3.63, 3.8) is 0 Å². The van der Waals surface area contributed by atoms with E-state index in [1.165, 1.54) is 21.3 Å². The van der Waals surface area contributed by atoms with Gasteiger partial charge in [-0.3, -0.25) is 14.5 Å². The van der Waals surface area contributed by atoms with Crippen LogP contribution < -0.4 is 5.32 Å². The highest BCUT2D eigenvalue weighted by Gasteiger charge is 2.39. The number of methoxy groups -OCH3 is 3. The third-order valence-electron chi connectivity index (χ3n) is 12.2. The molecule has 4 atom stereocenters. The van der Waals surface area contributed by atoms with Crippen molar-refractivity contribution >= 4 is 56.8 Å². The fourth-order valence-electron chi connectivity index (χ4n) is 8.89. The Morgan fingerprint density at radius 1 is 0.726 bits per heavy atom. The number of hydrogen-bond donors (Lipinski definition) is 4. The maximum Gasteiger partial charge on any atom is 0.407 e. The summed E-state index contributed by atoms with van der Waals surface area (Å²) in [5, 5.41) is 14.5. The minimum Gasteiger partial charge on any atom is -0.465 e. The van der Waals surface area contributed by atoms with E-state index < -0.39 is 24.3 Å². The third kappa shape index (κ3) is 8.52. The Morgan fingerprint density at radius 3 is 1.71 bits per heavy atom. The molecular weight excluding hydrogens is 793 g/mol. The Hall–Kier alpha value is -6.52. The van der Waals surface area contributed by atoms with E-state index in [2.05, 4.69) is 75.9 Å². The van der Waals surface area contributed by atoms with Gasteiger partial charge in [-0.15, -0.1) is 0 Å². The molecule has 4 amide bonds. The number of carbonyl (C=O) groups excluding carboxylic acids is 3. The third-order valence-corrected chi connectivity index (χ3v) is 12.2. The van der Waals surface area contributed by atoms with Gasteiger partial charge in [-0.25, -0.2) is 19.6 Å². The first-order valence-electron chi connectivity index (χ1n) is 21.0. The average molecular weight is 845 g/mol. The van der Waals surface area contributed by atoms with Crippen LogP contribution in [-0.4, -0.2) is 131 Å². The highest BCUT2D eigenvalue weighted by Crippen LogP contribution is 2.36. The Morgan fingerprint density at radius 2 is 1.21 bits per heavy atom. The lowest BCUT2D eigenvalue weighted by Gasteiger charge is -2.31. The quantitative estimate of drug-likeness (QED) is 0.0884. The molecule has 62 heavy (non-hydrogen) atoms. The Bertz CT molecular complexity index is 2620. The second-order valence-corrected chi connectivity index (χ2v) is 16.0. The zero-order chi connectivity index (χ0) is 43.5. The number of likely N-dealkylation sites (N-methyl/N-ethyl adjacent to an activating group) is 1. The first kappa shape index (κ1) is 42.2. The van der Waals surface area contributed by atoms with Crippen LogP contribution in [0.25, 0.3) is 55.1 Å². The first-order chi connectivity index (χ1) is 30.1. The number of aromatic amines is 2. The predicted octanol–water partition coefficient (Wildman–Crippen LogP) is 7.03. The van der Waals surface area contributed by atoms with Crippen LogP contribution in [-0.2, 0) is 23.8 Å². The number of benzene rings is 4. The normalized spacial score (nSPS) is 17.5. The summed E-state index contributed by atoms with van der Waals surface area (Å²) < 4.78 is 15.1. The second-order valence-electron chi connectivity index (χ2n) is 16.0. The number of carbonyl (C=O) groups is 4. The smallest absolute Gasteiger partial charge is 0.407 e. The highest BCUT2D eigenvalue weighted by atomic mass is 16.5. The van der Waals surface area contributed by atoms with Crippen LogP contribution in [0.15, 0.2) is 72.8 Å². The maximum atomic E-state index is 13.7. The van der Waals surface area contributed by atoms with Gasteiger partial charge in [0.25, 0.3) is 0 Å². The van der Waals surface area contributed by atoms with Gasteiger partial charge in [0.05, 0.1) is 41.3 Å². The van der Waals surface area contributed by atoms with Crippen molar-refractivity contribution in [2.24, 2.45) is 0 Å². The zero-order valence-electron chi connectivity index (χ0n) is 35.3. The Balaban J connectivity index is 0.987. The second kappa shape index (κ2) is 18.2. The van der Waals surface area contributed by atoms with E-state index in [9.17, 15) is 24.3 Å². The molecule has 4 heterocycles.